The van der Waals surface area contributed by atoms with Crippen molar-refractivity contribution in [3.63, 3.8) is 0 Å². The van der Waals surface area contributed by atoms with Crippen molar-refractivity contribution in [2.24, 2.45) is 0 Å². The Morgan fingerprint density at radius 2 is 1.74 bits per heavy atom. The smallest absolute Gasteiger partial charge is 0.387 e. The van der Waals surface area contributed by atoms with E-state index in [2.05, 4.69) is 48.6 Å². The molecule has 3 amide bonds. The largest absolute Gasteiger partial charge is 0.538 e. The van der Waals surface area contributed by atoms with Crippen molar-refractivity contribution in [1.29, 1.82) is 0 Å². The van der Waals surface area contributed by atoms with Crippen LogP contribution in [0, 0.1) is 0 Å². The summed E-state index contributed by atoms with van der Waals surface area (Å²) in [7, 11) is -17.2. The van der Waals surface area contributed by atoms with Gasteiger partial charge in [-0.25, -0.2) is 33.4 Å². The Morgan fingerprint density at radius 3 is 2.51 bits per heavy atom. The number of nitrogens with two attached hydrogens (primary N) is 1. The summed E-state index contributed by atoms with van der Waals surface area (Å²) < 4.78 is 60.2. The molecule has 3 aliphatic rings. The van der Waals surface area contributed by atoms with E-state index in [4.69, 9.17) is 10.5 Å². The van der Waals surface area contributed by atoms with Gasteiger partial charge in [-0.15, -0.1) is 0 Å². The number of nitrogens with one attached hydrogen (secondary N) is 3. The van der Waals surface area contributed by atoms with Crippen LogP contribution in [0.1, 0.15) is 51.2 Å². The summed E-state index contributed by atoms with van der Waals surface area (Å²) in [5.74, 6) is -0.654. The SMILES string of the molecule is Nc1ncnc2c1ncn2C1OC(COP(=O)(O)OP(=O)(O)OP(=O)(O)OC(=O)CCCCNC(=O)CCCC[C@@H]2SCC3NC(=O)NC32)C(O)C1O. The maximum atomic E-state index is 12.4. The van der Waals surface area contributed by atoms with Crippen LogP contribution in [0.5, 0.6) is 0 Å². The van der Waals surface area contributed by atoms with Crippen LogP contribution < -0.4 is 21.7 Å². The number of nitrogens with zero attached hydrogens (tertiary/aromatic N) is 4. The highest BCUT2D eigenvalue weighted by Gasteiger charge is 2.48. The van der Waals surface area contributed by atoms with E-state index in [9.17, 15) is 53.0 Å². The Kier molecular flexibility index (Phi) is 13.6. The minimum Gasteiger partial charge on any atom is -0.387 e. The molecule has 24 nitrogen and oxygen atoms in total. The molecule has 2 aromatic heterocycles. The number of carbonyl (C=O) groups is 3. The van der Waals surface area contributed by atoms with Crippen molar-refractivity contribution >= 4 is 70.1 Å². The Hall–Kier alpha value is -2.76. The third kappa shape index (κ3) is 11.2. The number of nitrogen functional groups attached to an aromatic ring is 1. The highest BCUT2D eigenvalue weighted by Crippen LogP contribution is 2.67. The highest BCUT2D eigenvalue weighted by molar-refractivity contribution is 8.00. The van der Waals surface area contributed by atoms with Crippen LogP contribution >= 0.6 is 35.2 Å². The van der Waals surface area contributed by atoms with Gasteiger partial charge in [-0.2, -0.15) is 20.4 Å². The Balaban J connectivity index is 0.960. The molecule has 0 bridgehead atoms. The number of phosphoric acid groups is 3. The molecule has 296 valence electrons. The van der Waals surface area contributed by atoms with Gasteiger partial charge < -0.3 is 50.9 Å². The summed E-state index contributed by atoms with van der Waals surface area (Å²) in [6.07, 6.45) is -1.44. The topological polar surface area (TPSA) is 355 Å². The molecule has 5 rings (SSSR count). The van der Waals surface area contributed by atoms with Crippen LogP contribution in [-0.4, -0.2) is 117 Å². The van der Waals surface area contributed by atoms with Crippen molar-refractivity contribution in [1.82, 2.24) is 35.5 Å². The number of fused-ring (bicyclic) bond motifs is 2. The minimum atomic E-state index is -5.93. The molecule has 0 radical (unpaired) electrons. The van der Waals surface area contributed by atoms with Gasteiger partial charge in [-0.3, -0.25) is 23.6 Å². The molecule has 0 aromatic carbocycles. The number of imidazole rings is 1. The van der Waals surface area contributed by atoms with Gasteiger partial charge in [0.15, 0.2) is 17.7 Å². The number of aliphatic hydroxyl groups excluding tert-OH is 2. The average molecular weight is 833 g/mol. The number of hydrogen-bond donors (Lipinski definition) is 9. The first kappa shape index (κ1) is 41.4. The van der Waals surface area contributed by atoms with Gasteiger partial charge in [-0.05, 0) is 25.7 Å². The first-order chi connectivity index (χ1) is 24.9. The number of rotatable bonds is 19. The van der Waals surface area contributed by atoms with E-state index in [1.807, 2.05) is 0 Å². The van der Waals surface area contributed by atoms with Crippen LogP contribution in [0.15, 0.2) is 12.7 Å². The summed E-state index contributed by atoms with van der Waals surface area (Å²) >= 11 is 1.79. The molecule has 53 heavy (non-hydrogen) atoms. The number of aromatic nitrogens is 4. The highest BCUT2D eigenvalue weighted by atomic mass is 32.2. The molecule has 28 heteroatoms. The molecule has 0 aliphatic carbocycles. The summed E-state index contributed by atoms with van der Waals surface area (Å²) in [5, 5.41) is 29.7. The quantitative estimate of drug-likeness (QED) is 0.0508. The van der Waals surface area contributed by atoms with Crippen LogP contribution in [0.25, 0.3) is 11.2 Å². The van der Waals surface area contributed by atoms with Gasteiger partial charge in [0.05, 0.1) is 25.0 Å². The van der Waals surface area contributed by atoms with Crippen LogP contribution in [0.3, 0.4) is 0 Å². The molecule has 3 fully saturated rings. The Bertz CT molecular complexity index is 1810. The lowest BCUT2D eigenvalue weighted by atomic mass is 10.0. The maximum Gasteiger partial charge on any atom is 0.538 e. The predicted octanol–water partition coefficient (Wildman–Crippen LogP) is -0.0658. The molecular weight excluding hydrogens is 793 g/mol. The van der Waals surface area contributed by atoms with E-state index in [0.29, 0.717) is 11.7 Å². The number of phosphoric ester groups is 2. The minimum absolute atomic E-state index is 0.0202. The zero-order valence-corrected chi connectivity index (χ0v) is 31.1. The molecular formula is C25H39N8O16P3S. The molecule has 5 heterocycles. The second kappa shape index (κ2) is 17.4. The van der Waals surface area contributed by atoms with Gasteiger partial charge in [0.2, 0.25) is 5.91 Å². The zero-order valence-electron chi connectivity index (χ0n) is 27.6. The number of thioether (sulfide) groups is 1. The van der Waals surface area contributed by atoms with Gasteiger partial charge >= 0.3 is 35.5 Å². The van der Waals surface area contributed by atoms with E-state index >= 15 is 0 Å². The molecule has 10 atom stereocenters. The molecule has 10 N–H and O–H groups in total. The predicted molar refractivity (Wildman–Crippen MR) is 180 cm³/mol. The monoisotopic (exact) mass is 832 g/mol. The van der Waals surface area contributed by atoms with E-state index in [-0.39, 0.29) is 66.8 Å². The zero-order chi connectivity index (χ0) is 38.6. The molecule has 0 saturated carbocycles. The Labute approximate surface area is 304 Å². The van der Waals surface area contributed by atoms with Gasteiger partial charge in [-0.1, -0.05) is 6.42 Å². The fraction of sp³-hybridized carbons (Fsp3) is 0.680. The maximum absolute atomic E-state index is 12.4. The Morgan fingerprint density at radius 1 is 1.00 bits per heavy atom. The standard InChI is InChI=1S/C25H39N8O16P3S/c26-22-19-23(29-11-28-22)33(12-30-19)24-21(37)20(36)14(46-24)9-45-50(39,40)48-52(43,44)49-51(41,42)47-17(35)7-3-4-8-27-16(34)6-2-1-5-15-18-13(10-53-15)31-25(38)32-18/h11-15,18,20-21,24,36-37H,1-10H2,(H,27,34)(H,39,40)(H,41,42)(H,43,44)(H2,26,28,29)(H2,31,32,38)/t13?,14?,15-,18?,20?,21?,24?/m0/s1. The number of unbranched alkanes of at least 4 members (excludes halogenated alkanes) is 2. The summed E-state index contributed by atoms with van der Waals surface area (Å²) in [6, 6.07) is 0.0777. The normalized spacial score (nSPS) is 28.7. The van der Waals surface area contributed by atoms with Gasteiger partial charge in [0.25, 0.3) is 0 Å². The van der Waals surface area contributed by atoms with Crippen LogP contribution in [0.2, 0.25) is 0 Å². The summed E-state index contributed by atoms with van der Waals surface area (Å²) in [4.78, 5) is 76.9. The van der Waals surface area contributed by atoms with Gasteiger partial charge in [0.1, 0.15) is 30.2 Å². The average Bonchev–Trinajstić information content (AvgIpc) is 3.81. The van der Waals surface area contributed by atoms with E-state index in [0.717, 1.165) is 24.9 Å². The lowest BCUT2D eigenvalue weighted by Gasteiger charge is -2.20. The number of anilines is 1. The lowest BCUT2D eigenvalue weighted by Crippen LogP contribution is -2.36. The van der Waals surface area contributed by atoms with Crippen molar-refractivity contribution in [2.75, 3.05) is 24.6 Å². The number of carbonyl (C=O) groups excluding carboxylic acids is 3. The number of amides is 3. The second-order valence-electron chi connectivity index (χ2n) is 12.1. The molecule has 0 spiro atoms. The first-order valence-electron chi connectivity index (χ1n) is 16.1. The van der Waals surface area contributed by atoms with E-state index in [1.165, 1.54) is 10.9 Å². The van der Waals surface area contributed by atoms with Crippen molar-refractivity contribution in [3.8, 4) is 0 Å². The number of hydrogen-bond acceptors (Lipinski definition) is 18. The fourth-order valence-electron chi connectivity index (χ4n) is 5.80. The van der Waals surface area contributed by atoms with Crippen molar-refractivity contribution in [2.45, 2.75) is 86.8 Å². The van der Waals surface area contributed by atoms with E-state index < -0.39 is 67.0 Å². The molecule has 2 aromatic rings. The number of ether oxygens (including phenoxy) is 1. The van der Waals surface area contributed by atoms with E-state index in [1.54, 1.807) is 11.8 Å². The summed E-state index contributed by atoms with van der Waals surface area (Å²) in [6.45, 7) is -0.823. The third-order valence-electron chi connectivity index (χ3n) is 8.24. The molecule has 9 unspecified atom stereocenters. The number of aliphatic hydroxyl groups is 2. The lowest BCUT2D eigenvalue weighted by molar-refractivity contribution is -0.135. The van der Waals surface area contributed by atoms with Crippen LogP contribution in [-0.2, 0) is 45.7 Å². The molecule has 3 saturated heterocycles. The number of urea groups is 1. The van der Waals surface area contributed by atoms with Gasteiger partial charge in [0, 0.05) is 30.4 Å². The third-order valence-corrected chi connectivity index (χ3v) is 14.0. The molecule has 3 aliphatic heterocycles. The van der Waals surface area contributed by atoms with Crippen molar-refractivity contribution in [3.05, 3.63) is 12.7 Å². The van der Waals surface area contributed by atoms with Crippen molar-refractivity contribution < 1.29 is 75.4 Å². The summed E-state index contributed by atoms with van der Waals surface area (Å²) in [5.41, 5.74) is 6.02. The second-order valence-corrected chi connectivity index (χ2v) is 18.0. The first-order valence-corrected chi connectivity index (χ1v) is 21.6. The van der Waals surface area contributed by atoms with Crippen LogP contribution in [0.4, 0.5) is 10.6 Å². The fourth-order valence-corrected chi connectivity index (χ4v) is 10.8.